The standard InChI is InChI=1S/C9H11F2NO/c1-2-9(12-13)7-4-3-6(10)5-8(7)11/h3-5,9,12-13H,2H2,1H3/t9-/m0/s1. The van der Waals surface area contributed by atoms with Gasteiger partial charge in [0.15, 0.2) is 0 Å². The van der Waals surface area contributed by atoms with E-state index < -0.39 is 17.7 Å². The van der Waals surface area contributed by atoms with Crippen LogP contribution < -0.4 is 5.48 Å². The highest BCUT2D eigenvalue weighted by Crippen LogP contribution is 2.19. The zero-order chi connectivity index (χ0) is 9.84. The topological polar surface area (TPSA) is 32.3 Å². The largest absolute Gasteiger partial charge is 0.316 e. The van der Waals surface area contributed by atoms with Crippen molar-refractivity contribution in [1.29, 1.82) is 0 Å². The molecule has 0 aliphatic heterocycles. The number of benzene rings is 1. The van der Waals surface area contributed by atoms with E-state index >= 15 is 0 Å². The molecule has 0 unspecified atom stereocenters. The van der Waals surface area contributed by atoms with Gasteiger partial charge in [0, 0.05) is 11.6 Å². The summed E-state index contributed by atoms with van der Waals surface area (Å²) in [5.41, 5.74) is 2.24. The molecule has 0 aliphatic rings. The first-order valence-electron chi connectivity index (χ1n) is 4.03. The molecule has 0 saturated heterocycles. The predicted molar refractivity (Wildman–Crippen MR) is 44.3 cm³/mol. The first-order valence-corrected chi connectivity index (χ1v) is 4.03. The molecule has 1 atom stereocenters. The van der Waals surface area contributed by atoms with Gasteiger partial charge in [-0.1, -0.05) is 13.0 Å². The van der Waals surface area contributed by atoms with Crippen molar-refractivity contribution in [2.24, 2.45) is 0 Å². The highest BCUT2D eigenvalue weighted by molar-refractivity contribution is 5.21. The van der Waals surface area contributed by atoms with Gasteiger partial charge in [-0.2, -0.15) is 5.48 Å². The summed E-state index contributed by atoms with van der Waals surface area (Å²) < 4.78 is 25.6. The van der Waals surface area contributed by atoms with Gasteiger partial charge in [-0.25, -0.2) is 8.78 Å². The fraction of sp³-hybridized carbons (Fsp3) is 0.333. The molecule has 0 saturated carbocycles. The Kier molecular flexibility index (Phi) is 3.33. The molecular formula is C9H11F2NO. The van der Waals surface area contributed by atoms with E-state index in [1.807, 2.05) is 5.48 Å². The molecule has 13 heavy (non-hydrogen) atoms. The first kappa shape index (κ1) is 10.1. The molecule has 0 spiro atoms. The fourth-order valence-corrected chi connectivity index (χ4v) is 1.16. The van der Waals surface area contributed by atoms with Crippen molar-refractivity contribution >= 4 is 0 Å². The van der Waals surface area contributed by atoms with Crippen molar-refractivity contribution in [3.63, 3.8) is 0 Å². The maximum absolute atomic E-state index is 13.1. The third-order valence-electron chi connectivity index (χ3n) is 1.90. The number of hydrogen-bond acceptors (Lipinski definition) is 2. The molecule has 72 valence electrons. The fourth-order valence-electron chi connectivity index (χ4n) is 1.16. The number of rotatable bonds is 3. The van der Waals surface area contributed by atoms with Gasteiger partial charge in [-0.15, -0.1) is 0 Å². The molecule has 0 radical (unpaired) electrons. The Balaban J connectivity index is 2.99. The molecule has 2 nitrogen and oxygen atoms in total. The Morgan fingerprint density at radius 2 is 2.15 bits per heavy atom. The maximum atomic E-state index is 13.1. The van der Waals surface area contributed by atoms with E-state index in [-0.39, 0.29) is 5.56 Å². The summed E-state index contributed by atoms with van der Waals surface area (Å²) in [6, 6.07) is 2.80. The molecular weight excluding hydrogens is 176 g/mol. The van der Waals surface area contributed by atoms with Crippen LogP contribution in [0.5, 0.6) is 0 Å². The molecule has 0 fully saturated rings. The van der Waals surface area contributed by atoms with Crippen LogP contribution in [0, 0.1) is 11.6 Å². The summed E-state index contributed by atoms with van der Waals surface area (Å²) in [6.45, 7) is 1.79. The lowest BCUT2D eigenvalue weighted by atomic mass is 10.0. The SMILES string of the molecule is CC[C@H](NO)c1ccc(F)cc1F. The highest BCUT2D eigenvalue weighted by Gasteiger charge is 2.12. The Labute approximate surface area is 75.2 Å². The van der Waals surface area contributed by atoms with Crippen LogP contribution in [0.15, 0.2) is 18.2 Å². The first-order chi connectivity index (χ1) is 6.19. The van der Waals surface area contributed by atoms with E-state index in [1.165, 1.54) is 12.1 Å². The summed E-state index contributed by atoms with van der Waals surface area (Å²) in [4.78, 5) is 0. The van der Waals surface area contributed by atoms with Crippen molar-refractivity contribution in [2.75, 3.05) is 0 Å². The second-order valence-corrected chi connectivity index (χ2v) is 2.76. The van der Waals surface area contributed by atoms with Crippen molar-refractivity contribution in [2.45, 2.75) is 19.4 Å². The average molecular weight is 187 g/mol. The number of halogens is 2. The summed E-state index contributed by atoms with van der Waals surface area (Å²) in [5, 5.41) is 8.66. The molecule has 4 heteroatoms. The van der Waals surface area contributed by atoms with Crippen LogP contribution in [0.2, 0.25) is 0 Å². The van der Waals surface area contributed by atoms with Gasteiger partial charge in [-0.3, -0.25) is 0 Å². The van der Waals surface area contributed by atoms with E-state index in [1.54, 1.807) is 6.92 Å². The highest BCUT2D eigenvalue weighted by atomic mass is 19.1. The van der Waals surface area contributed by atoms with Crippen molar-refractivity contribution < 1.29 is 14.0 Å². The molecule has 0 aromatic heterocycles. The van der Waals surface area contributed by atoms with E-state index in [0.29, 0.717) is 6.42 Å². The lowest BCUT2D eigenvalue weighted by molar-refractivity contribution is 0.122. The molecule has 1 rings (SSSR count). The van der Waals surface area contributed by atoms with E-state index in [9.17, 15) is 8.78 Å². The number of hydrogen-bond donors (Lipinski definition) is 2. The zero-order valence-corrected chi connectivity index (χ0v) is 7.22. The summed E-state index contributed by atoms with van der Waals surface area (Å²) in [5.74, 6) is -1.26. The minimum absolute atomic E-state index is 0.270. The van der Waals surface area contributed by atoms with Gasteiger partial charge in [0.05, 0.1) is 6.04 Å². The van der Waals surface area contributed by atoms with Crippen molar-refractivity contribution in [3.05, 3.63) is 35.4 Å². The quantitative estimate of drug-likeness (QED) is 0.712. The van der Waals surface area contributed by atoms with Crippen LogP contribution in [0.4, 0.5) is 8.78 Å². The second-order valence-electron chi connectivity index (χ2n) is 2.76. The smallest absolute Gasteiger partial charge is 0.130 e. The van der Waals surface area contributed by atoms with Crippen LogP contribution in [0.3, 0.4) is 0 Å². The van der Waals surface area contributed by atoms with Crippen LogP contribution in [-0.4, -0.2) is 5.21 Å². The van der Waals surface area contributed by atoms with Crippen LogP contribution in [-0.2, 0) is 0 Å². The summed E-state index contributed by atoms with van der Waals surface area (Å²) in [6.07, 6.45) is 0.527. The van der Waals surface area contributed by atoms with Crippen LogP contribution in [0.1, 0.15) is 24.9 Å². The Morgan fingerprint density at radius 1 is 1.46 bits per heavy atom. The summed E-state index contributed by atoms with van der Waals surface area (Å²) >= 11 is 0. The Hall–Kier alpha value is -1.00. The van der Waals surface area contributed by atoms with Crippen LogP contribution in [0.25, 0.3) is 0 Å². The predicted octanol–water partition coefficient (Wildman–Crippen LogP) is 2.39. The third-order valence-corrected chi connectivity index (χ3v) is 1.90. The van der Waals surface area contributed by atoms with Gasteiger partial charge in [0.25, 0.3) is 0 Å². The van der Waals surface area contributed by atoms with Crippen molar-refractivity contribution in [3.8, 4) is 0 Å². The monoisotopic (exact) mass is 187 g/mol. The van der Waals surface area contributed by atoms with E-state index in [4.69, 9.17) is 5.21 Å². The lowest BCUT2D eigenvalue weighted by Crippen LogP contribution is -2.17. The molecule has 0 aliphatic carbocycles. The maximum Gasteiger partial charge on any atom is 0.130 e. The molecule has 1 aromatic rings. The third kappa shape index (κ3) is 2.23. The molecule has 2 N–H and O–H groups in total. The van der Waals surface area contributed by atoms with Gasteiger partial charge in [-0.05, 0) is 12.5 Å². The van der Waals surface area contributed by atoms with Crippen LogP contribution >= 0.6 is 0 Å². The second kappa shape index (κ2) is 4.30. The van der Waals surface area contributed by atoms with E-state index in [2.05, 4.69) is 0 Å². The zero-order valence-electron chi connectivity index (χ0n) is 7.22. The molecule has 0 heterocycles. The number of hydroxylamine groups is 1. The summed E-state index contributed by atoms with van der Waals surface area (Å²) in [7, 11) is 0. The normalized spacial score (nSPS) is 12.9. The Morgan fingerprint density at radius 3 is 2.62 bits per heavy atom. The number of nitrogens with one attached hydrogen (secondary N) is 1. The average Bonchev–Trinajstić information content (AvgIpc) is 2.10. The van der Waals surface area contributed by atoms with Gasteiger partial charge >= 0.3 is 0 Å². The molecule has 0 amide bonds. The minimum Gasteiger partial charge on any atom is -0.316 e. The van der Waals surface area contributed by atoms with Gasteiger partial charge in [0.2, 0.25) is 0 Å². The molecule has 1 aromatic carbocycles. The van der Waals surface area contributed by atoms with Crippen molar-refractivity contribution in [1.82, 2.24) is 5.48 Å². The van der Waals surface area contributed by atoms with Gasteiger partial charge < -0.3 is 5.21 Å². The van der Waals surface area contributed by atoms with Gasteiger partial charge in [0.1, 0.15) is 11.6 Å². The van der Waals surface area contributed by atoms with E-state index in [0.717, 1.165) is 6.07 Å². The minimum atomic E-state index is -0.645. The lowest BCUT2D eigenvalue weighted by Gasteiger charge is -2.13. The Bertz CT molecular complexity index is 287. The molecule has 0 bridgehead atoms.